The van der Waals surface area contributed by atoms with Crippen molar-refractivity contribution in [1.82, 2.24) is 4.98 Å². The highest BCUT2D eigenvalue weighted by molar-refractivity contribution is 9.10. The molecule has 0 aliphatic rings. The van der Waals surface area contributed by atoms with Gasteiger partial charge < -0.3 is 5.11 Å². The third kappa shape index (κ3) is 2.37. The molecule has 23 heavy (non-hydrogen) atoms. The van der Waals surface area contributed by atoms with Crippen LogP contribution in [0, 0.1) is 6.92 Å². The van der Waals surface area contributed by atoms with Crippen LogP contribution in [0.5, 0.6) is 5.75 Å². The zero-order chi connectivity index (χ0) is 16.0. The van der Waals surface area contributed by atoms with E-state index < -0.39 is 0 Å². The van der Waals surface area contributed by atoms with Gasteiger partial charge in [0.15, 0.2) is 0 Å². The number of nitrogens with zero attached hydrogens (tertiary/aromatic N) is 1. The Balaban J connectivity index is 2.18. The molecular weight excluding hydrogens is 350 g/mol. The van der Waals surface area contributed by atoms with Crippen molar-refractivity contribution in [3.8, 4) is 17.0 Å². The molecule has 1 heterocycles. The quantitative estimate of drug-likeness (QED) is 0.431. The Kier molecular flexibility index (Phi) is 3.31. The largest absolute Gasteiger partial charge is 0.507 e. The predicted octanol–water partition coefficient (Wildman–Crippen LogP) is 5.83. The van der Waals surface area contributed by atoms with Crippen molar-refractivity contribution >= 4 is 37.6 Å². The molecule has 0 amide bonds. The zero-order valence-corrected chi connectivity index (χ0v) is 14.1. The maximum absolute atomic E-state index is 10.3. The van der Waals surface area contributed by atoms with E-state index in [1.165, 1.54) is 5.56 Å². The van der Waals surface area contributed by atoms with Gasteiger partial charge in [-0.1, -0.05) is 51.8 Å². The Morgan fingerprint density at radius 1 is 0.870 bits per heavy atom. The van der Waals surface area contributed by atoms with Gasteiger partial charge in [0.2, 0.25) is 0 Å². The molecule has 0 aliphatic heterocycles. The lowest BCUT2D eigenvalue weighted by molar-refractivity contribution is 0.477. The van der Waals surface area contributed by atoms with Crippen LogP contribution in [0.25, 0.3) is 32.9 Å². The zero-order valence-electron chi connectivity index (χ0n) is 12.5. The van der Waals surface area contributed by atoms with Gasteiger partial charge in [0.1, 0.15) is 5.75 Å². The van der Waals surface area contributed by atoms with Crippen molar-refractivity contribution in [2.75, 3.05) is 0 Å². The van der Waals surface area contributed by atoms with Crippen LogP contribution in [0.2, 0.25) is 0 Å². The molecule has 0 unspecified atom stereocenters. The monoisotopic (exact) mass is 363 g/mol. The molecule has 4 rings (SSSR count). The molecule has 0 saturated heterocycles. The summed E-state index contributed by atoms with van der Waals surface area (Å²) in [6.07, 6.45) is 0. The first-order valence-electron chi connectivity index (χ1n) is 7.41. The number of halogens is 1. The van der Waals surface area contributed by atoms with E-state index in [0.717, 1.165) is 37.4 Å². The lowest BCUT2D eigenvalue weighted by Crippen LogP contribution is -1.91. The van der Waals surface area contributed by atoms with E-state index in [1.807, 2.05) is 30.3 Å². The minimum Gasteiger partial charge on any atom is -0.507 e. The van der Waals surface area contributed by atoms with Gasteiger partial charge in [-0.25, -0.2) is 4.98 Å². The third-order valence-electron chi connectivity index (χ3n) is 4.07. The van der Waals surface area contributed by atoms with Gasteiger partial charge in [-0.05, 0) is 42.6 Å². The number of hydrogen-bond acceptors (Lipinski definition) is 2. The molecule has 0 bridgehead atoms. The molecule has 0 spiro atoms. The van der Waals surface area contributed by atoms with Gasteiger partial charge >= 0.3 is 0 Å². The number of fused-ring (bicyclic) bond motifs is 3. The first-order chi connectivity index (χ1) is 11.1. The van der Waals surface area contributed by atoms with E-state index >= 15 is 0 Å². The third-order valence-corrected chi connectivity index (χ3v) is 4.56. The fraction of sp³-hybridized carbons (Fsp3) is 0.0500. The smallest absolute Gasteiger partial charge is 0.125 e. The Hall–Kier alpha value is -2.39. The first-order valence-corrected chi connectivity index (χ1v) is 8.21. The van der Waals surface area contributed by atoms with Gasteiger partial charge in [-0.2, -0.15) is 0 Å². The topological polar surface area (TPSA) is 33.1 Å². The number of aromatic hydroxyl groups is 1. The number of pyridine rings is 1. The number of rotatable bonds is 1. The number of aromatic nitrogens is 1. The average molecular weight is 364 g/mol. The summed E-state index contributed by atoms with van der Waals surface area (Å²) in [5.74, 6) is 0.234. The van der Waals surface area contributed by atoms with E-state index in [0.29, 0.717) is 0 Å². The molecule has 1 N–H and O–H groups in total. The molecule has 0 fully saturated rings. The van der Waals surface area contributed by atoms with Crippen LogP contribution < -0.4 is 0 Å². The molecule has 0 radical (unpaired) electrons. The molecule has 2 nitrogen and oxygen atoms in total. The fourth-order valence-electron chi connectivity index (χ4n) is 2.97. The fourth-order valence-corrected chi connectivity index (χ4v) is 3.33. The predicted molar refractivity (Wildman–Crippen MR) is 98.8 cm³/mol. The molecule has 4 aromatic rings. The highest BCUT2D eigenvalue weighted by Gasteiger charge is 2.13. The molecule has 3 aromatic carbocycles. The summed E-state index contributed by atoms with van der Waals surface area (Å²) in [5, 5.41) is 13.6. The van der Waals surface area contributed by atoms with Crippen LogP contribution in [0.15, 0.2) is 65.1 Å². The van der Waals surface area contributed by atoms with Crippen LogP contribution in [0.1, 0.15) is 5.56 Å². The van der Waals surface area contributed by atoms with Crippen LogP contribution in [0.4, 0.5) is 0 Å². The van der Waals surface area contributed by atoms with Gasteiger partial charge in [0.25, 0.3) is 0 Å². The first kappa shape index (κ1) is 14.2. The van der Waals surface area contributed by atoms with Crippen molar-refractivity contribution in [2.24, 2.45) is 0 Å². The molecule has 0 atom stereocenters. The number of benzene rings is 3. The van der Waals surface area contributed by atoms with E-state index in [9.17, 15) is 5.11 Å². The van der Waals surface area contributed by atoms with E-state index in [1.54, 1.807) is 6.07 Å². The van der Waals surface area contributed by atoms with Crippen LogP contribution in [-0.2, 0) is 0 Å². The minimum absolute atomic E-state index is 0.234. The maximum atomic E-state index is 10.3. The molecule has 0 saturated carbocycles. The van der Waals surface area contributed by atoms with E-state index in [4.69, 9.17) is 4.98 Å². The summed E-state index contributed by atoms with van der Waals surface area (Å²) in [6, 6.07) is 19.9. The highest BCUT2D eigenvalue weighted by Crippen LogP contribution is 2.37. The molecule has 3 heteroatoms. The van der Waals surface area contributed by atoms with Gasteiger partial charge in [-0.15, -0.1) is 0 Å². The molecule has 0 aliphatic carbocycles. The summed E-state index contributed by atoms with van der Waals surface area (Å²) >= 11 is 3.48. The van der Waals surface area contributed by atoms with Gasteiger partial charge in [0.05, 0.1) is 11.2 Å². The number of hydrogen-bond donors (Lipinski definition) is 1. The second-order valence-corrected chi connectivity index (χ2v) is 6.60. The highest BCUT2D eigenvalue weighted by atomic mass is 79.9. The SMILES string of the molecule is Cc1ccc2nc(-c3cc(Br)ccc3O)c3ccccc3c2c1. The number of aryl methyl sites for hydroxylation is 1. The standard InChI is InChI=1S/C20H14BrNO/c1-12-6-8-18-16(10-12)14-4-2-3-5-15(14)20(22-18)17-11-13(21)7-9-19(17)23/h2-11,23H,1H3. The van der Waals surface area contributed by atoms with E-state index in [-0.39, 0.29) is 5.75 Å². The Morgan fingerprint density at radius 2 is 1.65 bits per heavy atom. The molecule has 112 valence electrons. The normalized spacial score (nSPS) is 11.2. The van der Waals surface area contributed by atoms with Crippen LogP contribution in [0.3, 0.4) is 0 Å². The Morgan fingerprint density at radius 3 is 2.48 bits per heavy atom. The lowest BCUT2D eigenvalue weighted by atomic mass is 9.99. The van der Waals surface area contributed by atoms with Crippen molar-refractivity contribution in [2.45, 2.75) is 6.92 Å². The average Bonchev–Trinajstić information content (AvgIpc) is 2.57. The Bertz CT molecular complexity index is 1060. The second-order valence-electron chi connectivity index (χ2n) is 5.69. The van der Waals surface area contributed by atoms with Crippen molar-refractivity contribution in [1.29, 1.82) is 0 Å². The summed E-state index contributed by atoms with van der Waals surface area (Å²) in [7, 11) is 0. The summed E-state index contributed by atoms with van der Waals surface area (Å²) < 4.78 is 0.917. The maximum Gasteiger partial charge on any atom is 0.125 e. The van der Waals surface area contributed by atoms with Crippen molar-refractivity contribution < 1.29 is 5.11 Å². The minimum atomic E-state index is 0.234. The summed E-state index contributed by atoms with van der Waals surface area (Å²) in [5.41, 5.74) is 3.68. The van der Waals surface area contributed by atoms with Crippen LogP contribution >= 0.6 is 15.9 Å². The van der Waals surface area contributed by atoms with E-state index in [2.05, 4.69) is 47.1 Å². The summed E-state index contributed by atoms with van der Waals surface area (Å²) in [6.45, 7) is 2.09. The van der Waals surface area contributed by atoms with Gasteiger partial charge in [-0.3, -0.25) is 0 Å². The summed E-state index contributed by atoms with van der Waals surface area (Å²) in [4.78, 5) is 4.84. The molecule has 1 aromatic heterocycles. The number of phenolic OH excluding ortho intramolecular Hbond substituents is 1. The van der Waals surface area contributed by atoms with Crippen LogP contribution in [-0.4, -0.2) is 10.1 Å². The second kappa shape index (κ2) is 5.36. The number of phenols is 1. The van der Waals surface area contributed by atoms with Crippen molar-refractivity contribution in [3.05, 3.63) is 70.7 Å². The lowest BCUT2D eigenvalue weighted by Gasteiger charge is -2.12. The Labute approximate surface area is 142 Å². The molecular formula is C20H14BrNO. The van der Waals surface area contributed by atoms with Crippen molar-refractivity contribution in [3.63, 3.8) is 0 Å². The van der Waals surface area contributed by atoms with Gasteiger partial charge in [0, 0.05) is 20.8 Å².